The molecule has 0 spiro atoms. The highest BCUT2D eigenvalue weighted by molar-refractivity contribution is 4.71. The van der Waals surface area contributed by atoms with Crippen LogP contribution in [-0.2, 0) is 4.74 Å². The third kappa shape index (κ3) is 5.50. The fourth-order valence-electron chi connectivity index (χ4n) is 2.05. The number of hydrogen-bond acceptors (Lipinski definition) is 3. The summed E-state index contributed by atoms with van der Waals surface area (Å²) in [6.45, 7) is 7.92. The van der Waals surface area contributed by atoms with E-state index < -0.39 is 0 Å². The van der Waals surface area contributed by atoms with Gasteiger partial charge in [-0.15, -0.1) is 0 Å². The fourth-order valence-corrected chi connectivity index (χ4v) is 2.05. The average Bonchev–Trinajstić information content (AvgIpc) is 2.30. The van der Waals surface area contributed by atoms with Crippen LogP contribution in [0.25, 0.3) is 0 Å². The molecule has 1 aliphatic rings. The normalized spacial score (nSPS) is 19.6. The molecule has 1 rings (SSSR count). The van der Waals surface area contributed by atoms with Gasteiger partial charge in [0.1, 0.15) is 0 Å². The largest absolute Gasteiger partial charge is 0.378 e. The van der Waals surface area contributed by atoms with Crippen LogP contribution in [0.15, 0.2) is 0 Å². The number of ether oxygens (including phenoxy) is 1. The van der Waals surface area contributed by atoms with Gasteiger partial charge in [-0.3, -0.25) is 0 Å². The van der Waals surface area contributed by atoms with E-state index in [1.807, 2.05) is 7.05 Å². The number of nitrogens with zero attached hydrogens (tertiary/aromatic N) is 1. The second-order valence-corrected chi connectivity index (χ2v) is 4.32. The molecule has 1 heterocycles. The SMILES string of the molecule is CCN1CCC(OCCCCNC)CC1. The first kappa shape index (κ1) is 12.9. The summed E-state index contributed by atoms with van der Waals surface area (Å²) in [4.78, 5) is 2.50. The van der Waals surface area contributed by atoms with E-state index in [4.69, 9.17) is 4.74 Å². The van der Waals surface area contributed by atoms with Crippen LogP contribution in [0.5, 0.6) is 0 Å². The number of rotatable bonds is 7. The molecule has 0 unspecified atom stereocenters. The van der Waals surface area contributed by atoms with Gasteiger partial charge in [0.25, 0.3) is 0 Å². The zero-order valence-electron chi connectivity index (χ0n) is 10.3. The number of likely N-dealkylation sites (tertiary alicyclic amines) is 1. The first-order valence-electron chi connectivity index (χ1n) is 6.35. The van der Waals surface area contributed by atoms with Gasteiger partial charge in [0.15, 0.2) is 0 Å². The summed E-state index contributed by atoms with van der Waals surface area (Å²) >= 11 is 0. The molecule has 3 nitrogen and oxygen atoms in total. The van der Waals surface area contributed by atoms with E-state index in [0.717, 1.165) is 13.2 Å². The van der Waals surface area contributed by atoms with Gasteiger partial charge in [-0.2, -0.15) is 0 Å². The van der Waals surface area contributed by atoms with Crippen molar-refractivity contribution in [2.24, 2.45) is 0 Å². The monoisotopic (exact) mass is 214 g/mol. The lowest BCUT2D eigenvalue weighted by molar-refractivity contribution is 0.00716. The minimum absolute atomic E-state index is 0.530. The topological polar surface area (TPSA) is 24.5 Å². The fraction of sp³-hybridized carbons (Fsp3) is 1.00. The van der Waals surface area contributed by atoms with Crippen LogP contribution < -0.4 is 5.32 Å². The van der Waals surface area contributed by atoms with E-state index >= 15 is 0 Å². The Labute approximate surface area is 94.2 Å². The predicted octanol–water partition coefficient (Wildman–Crippen LogP) is 1.49. The van der Waals surface area contributed by atoms with Crippen molar-refractivity contribution in [2.45, 2.75) is 38.7 Å². The second-order valence-electron chi connectivity index (χ2n) is 4.32. The molecule has 0 bridgehead atoms. The third-order valence-electron chi connectivity index (χ3n) is 3.16. The molecule has 0 aromatic heterocycles. The number of hydrogen-bond donors (Lipinski definition) is 1. The van der Waals surface area contributed by atoms with Gasteiger partial charge in [-0.05, 0) is 45.8 Å². The van der Waals surface area contributed by atoms with Crippen molar-refractivity contribution in [1.82, 2.24) is 10.2 Å². The quantitative estimate of drug-likeness (QED) is 0.650. The molecule has 3 heteroatoms. The standard InChI is InChI=1S/C12H26N2O/c1-3-14-9-6-12(7-10-14)15-11-5-4-8-13-2/h12-13H,3-11H2,1-2H3. The molecule has 1 saturated heterocycles. The van der Waals surface area contributed by atoms with Crippen molar-refractivity contribution in [3.05, 3.63) is 0 Å². The molecule has 1 fully saturated rings. The van der Waals surface area contributed by atoms with E-state index in [1.165, 1.54) is 45.3 Å². The van der Waals surface area contributed by atoms with Crippen LogP contribution in [0.4, 0.5) is 0 Å². The van der Waals surface area contributed by atoms with Gasteiger partial charge in [-0.1, -0.05) is 6.92 Å². The van der Waals surface area contributed by atoms with Crippen molar-refractivity contribution in [2.75, 3.05) is 39.8 Å². The van der Waals surface area contributed by atoms with E-state index in [-0.39, 0.29) is 0 Å². The molecule has 15 heavy (non-hydrogen) atoms. The van der Waals surface area contributed by atoms with Gasteiger partial charge in [0.2, 0.25) is 0 Å². The van der Waals surface area contributed by atoms with E-state index in [0.29, 0.717) is 6.10 Å². The van der Waals surface area contributed by atoms with Crippen LogP contribution in [0.3, 0.4) is 0 Å². The Bertz CT molecular complexity index is 145. The molecule has 0 aromatic carbocycles. The van der Waals surface area contributed by atoms with Crippen LogP contribution in [0, 0.1) is 0 Å². The highest BCUT2D eigenvalue weighted by Crippen LogP contribution is 2.13. The first-order valence-corrected chi connectivity index (χ1v) is 6.35. The highest BCUT2D eigenvalue weighted by atomic mass is 16.5. The zero-order chi connectivity index (χ0) is 10.9. The highest BCUT2D eigenvalue weighted by Gasteiger charge is 2.17. The van der Waals surface area contributed by atoms with Crippen LogP contribution >= 0.6 is 0 Å². The summed E-state index contributed by atoms with van der Waals surface area (Å²) < 4.78 is 5.87. The zero-order valence-corrected chi connectivity index (χ0v) is 10.3. The first-order chi connectivity index (χ1) is 7.36. The second kappa shape index (κ2) is 8.08. The lowest BCUT2D eigenvalue weighted by Crippen LogP contribution is -2.36. The van der Waals surface area contributed by atoms with E-state index in [2.05, 4.69) is 17.1 Å². The molecule has 1 N–H and O–H groups in total. The Morgan fingerprint density at radius 2 is 2.00 bits per heavy atom. The van der Waals surface area contributed by atoms with Crippen molar-refractivity contribution >= 4 is 0 Å². The Morgan fingerprint density at radius 3 is 2.60 bits per heavy atom. The maximum atomic E-state index is 5.87. The Kier molecular flexibility index (Phi) is 6.98. The van der Waals surface area contributed by atoms with Gasteiger partial charge in [0, 0.05) is 19.7 Å². The molecule has 0 amide bonds. The summed E-state index contributed by atoms with van der Waals surface area (Å²) in [5.41, 5.74) is 0. The van der Waals surface area contributed by atoms with Gasteiger partial charge in [0.05, 0.1) is 6.10 Å². The Hall–Kier alpha value is -0.120. The van der Waals surface area contributed by atoms with Gasteiger partial charge in [-0.25, -0.2) is 0 Å². The van der Waals surface area contributed by atoms with E-state index in [1.54, 1.807) is 0 Å². The van der Waals surface area contributed by atoms with Crippen molar-refractivity contribution in [1.29, 1.82) is 0 Å². The third-order valence-corrected chi connectivity index (χ3v) is 3.16. The molecule has 0 aromatic rings. The average molecular weight is 214 g/mol. The minimum atomic E-state index is 0.530. The minimum Gasteiger partial charge on any atom is -0.378 e. The number of piperidine rings is 1. The molecule has 0 aliphatic carbocycles. The maximum Gasteiger partial charge on any atom is 0.0599 e. The Balaban J connectivity index is 1.94. The van der Waals surface area contributed by atoms with Crippen molar-refractivity contribution in [3.63, 3.8) is 0 Å². The van der Waals surface area contributed by atoms with Gasteiger partial charge >= 0.3 is 0 Å². The van der Waals surface area contributed by atoms with Gasteiger partial charge < -0.3 is 15.0 Å². The molecule has 0 saturated carbocycles. The summed E-state index contributed by atoms with van der Waals surface area (Å²) in [5.74, 6) is 0. The van der Waals surface area contributed by atoms with Crippen molar-refractivity contribution in [3.8, 4) is 0 Å². The van der Waals surface area contributed by atoms with Crippen molar-refractivity contribution < 1.29 is 4.74 Å². The molecule has 90 valence electrons. The summed E-state index contributed by atoms with van der Waals surface area (Å²) in [6.07, 6.45) is 5.39. The van der Waals surface area contributed by atoms with E-state index in [9.17, 15) is 0 Å². The predicted molar refractivity (Wildman–Crippen MR) is 64.2 cm³/mol. The molecular weight excluding hydrogens is 188 g/mol. The van der Waals surface area contributed by atoms with Crippen LogP contribution in [0.1, 0.15) is 32.6 Å². The van der Waals surface area contributed by atoms with Crippen LogP contribution in [0.2, 0.25) is 0 Å². The number of unbranched alkanes of at least 4 members (excludes halogenated alkanes) is 1. The summed E-state index contributed by atoms with van der Waals surface area (Å²) in [6, 6.07) is 0. The summed E-state index contributed by atoms with van der Waals surface area (Å²) in [5, 5.41) is 3.16. The lowest BCUT2D eigenvalue weighted by atomic mass is 10.1. The number of nitrogens with one attached hydrogen (secondary N) is 1. The molecule has 1 aliphatic heterocycles. The summed E-state index contributed by atoms with van der Waals surface area (Å²) in [7, 11) is 2.00. The molecule has 0 radical (unpaired) electrons. The van der Waals surface area contributed by atoms with Crippen LogP contribution in [-0.4, -0.2) is 50.8 Å². The Morgan fingerprint density at radius 1 is 1.27 bits per heavy atom. The maximum absolute atomic E-state index is 5.87. The smallest absolute Gasteiger partial charge is 0.0599 e. The lowest BCUT2D eigenvalue weighted by Gasteiger charge is -2.30. The molecular formula is C12H26N2O. The molecule has 0 atom stereocenters.